The number of para-hydroxylation sites is 1. The molecule has 0 fully saturated rings. The second kappa shape index (κ2) is 12.3. The lowest BCUT2D eigenvalue weighted by Crippen LogP contribution is -2.45. The Hall–Kier alpha value is -6.84. The van der Waals surface area contributed by atoms with Crippen molar-refractivity contribution in [1.29, 1.82) is 0 Å². The molecule has 0 bridgehead atoms. The predicted octanol–water partition coefficient (Wildman–Crippen LogP) is 13.5. The molecule has 3 heteroatoms. The Morgan fingerprint density at radius 2 is 1.14 bits per heavy atom. The minimum absolute atomic E-state index is 0.167. The SMILES string of the molecule is CC1(C)c2cc3ccccc3cc2N2c3cc4ccccc4c(-c4ccc(-c5ccccc5)cc4Nc4cccc5c4C(C)(C)c4ccccc4-5)c3[B]c3cccc1c32. The van der Waals surface area contributed by atoms with Crippen molar-refractivity contribution >= 4 is 68.2 Å². The number of anilines is 5. The molecule has 2 aliphatic heterocycles. The van der Waals surface area contributed by atoms with Gasteiger partial charge in [-0.15, -0.1) is 0 Å². The second-order valence-corrected chi connectivity index (χ2v) is 17.6. The maximum atomic E-state index is 4.13. The van der Waals surface area contributed by atoms with Crippen molar-refractivity contribution in [3.05, 3.63) is 198 Å². The molecule has 0 saturated heterocycles. The highest BCUT2D eigenvalue weighted by atomic mass is 15.2. The number of nitrogens with one attached hydrogen (secondary N) is 1. The normalized spacial score (nSPS) is 14.8. The maximum absolute atomic E-state index is 4.13. The largest absolute Gasteiger partial charge is 0.355 e. The highest BCUT2D eigenvalue weighted by Gasteiger charge is 2.42. The monoisotopic (exact) mass is 753 g/mol. The van der Waals surface area contributed by atoms with Gasteiger partial charge in [-0.25, -0.2) is 0 Å². The number of benzene rings is 9. The van der Waals surface area contributed by atoms with Crippen LogP contribution in [0.5, 0.6) is 0 Å². The van der Waals surface area contributed by atoms with E-state index in [0.29, 0.717) is 0 Å². The Morgan fingerprint density at radius 3 is 1.98 bits per heavy atom. The van der Waals surface area contributed by atoms with Gasteiger partial charge in [0.1, 0.15) is 0 Å². The fourth-order valence-electron chi connectivity index (χ4n) is 10.8. The van der Waals surface area contributed by atoms with Gasteiger partial charge in [0.15, 0.2) is 7.28 Å². The number of fused-ring (bicyclic) bond motifs is 9. The Morgan fingerprint density at radius 1 is 0.458 bits per heavy atom. The van der Waals surface area contributed by atoms with Crippen molar-refractivity contribution in [2.75, 3.05) is 10.2 Å². The van der Waals surface area contributed by atoms with E-state index in [9.17, 15) is 0 Å². The molecule has 3 aliphatic rings. The van der Waals surface area contributed by atoms with Crippen LogP contribution >= 0.6 is 0 Å². The maximum Gasteiger partial charge on any atom is 0.197 e. The summed E-state index contributed by atoms with van der Waals surface area (Å²) in [6, 6.07) is 65.4. The molecule has 279 valence electrons. The smallest absolute Gasteiger partial charge is 0.197 e. The molecule has 9 aromatic carbocycles. The standard InChI is InChI=1S/C56H42BN2/c1-55(2)44-25-15-26-46-54(44)59(49-32-36-19-9-8-18-35(36)30-45(49)55)50-33-38-20-10-11-21-39(38)51(53(50)57-46)42-29-28-37(34-16-6-5-7-17-34)31-48(42)58-47-27-14-23-41-40-22-12-13-24-43(40)56(3,4)52(41)47/h5-33,58H,1-4H3. The Bertz CT molecular complexity index is 3230. The molecule has 0 spiro atoms. The fraction of sp³-hybridized carbons (Fsp3) is 0.107. The first kappa shape index (κ1) is 34.2. The zero-order valence-electron chi connectivity index (χ0n) is 33.8. The van der Waals surface area contributed by atoms with Crippen LogP contribution in [-0.2, 0) is 10.8 Å². The molecule has 0 amide bonds. The van der Waals surface area contributed by atoms with Crippen molar-refractivity contribution in [2.24, 2.45) is 0 Å². The van der Waals surface area contributed by atoms with E-state index in [0.717, 1.165) is 11.4 Å². The third-order valence-electron chi connectivity index (χ3n) is 13.6. The molecule has 9 aromatic rings. The summed E-state index contributed by atoms with van der Waals surface area (Å²) in [5.74, 6) is 0. The second-order valence-electron chi connectivity index (χ2n) is 17.6. The van der Waals surface area contributed by atoms with E-state index in [1.54, 1.807) is 0 Å². The fourth-order valence-corrected chi connectivity index (χ4v) is 10.8. The van der Waals surface area contributed by atoms with Crippen LogP contribution in [0.4, 0.5) is 28.4 Å². The third kappa shape index (κ3) is 4.88. The minimum atomic E-state index is -0.181. The highest BCUT2D eigenvalue weighted by Crippen LogP contribution is 2.55. The molecule has 12 rings (SSSR count). The summed E-state index contributed by atoms with van der Waals surface area (Å²) < 4.78 is 0. The van der Waals surface area contributed by atoms with Gasteiger partial charge < -0.3 is 10.2 Å². The summed E-state index contributed by atoms with van der Waals surface area (Å²) in [5.41, 5.74) is 20.9. The van der Waals surface area contributed by atoms with E-state index in [1.165, 1.54) is 105 Å². The first-order chi connectivity index (χ1) is 28.8. The molecular weight excluding hydrogens is 711 g/mol. The van der Waals surface area contributed by atoms with E-state index < -0.39 is 0 Å². The summed E-state index contributed by atoms with van der Waals surface area (Å²) in [6.45, 7) is 9.52. The predicted molar refractivity (Wildman–Crippen MR) is 251 cm³/mol. The molecule has 0 saturated carbocycles. The van der Waals surface area contributed by atoms with Gasteiger partial charge in [-0.2, -0.15) is 0 Å². The van der Waals surface area contributed by atoms with Gasteiger partial charge in [0.05, 0.1) is 5.69 Å². The van der Waals surface area contributed by atoms with Gasteiger partial charge in [-0.1, -0.05) is 179 Å². The molecule has 59 heavy (non-hydrogen) atoms. The lowest BCUT2D eigenvalue weighted by Gasteiger charge is -2.46. The minimum Gasteiger partial charge on any atom is -0.355 e. The van der Waals surface area contributed by atoms with Crippen LogP contribution in [0.25, 0.3) is 54.9 Å². The topological polar surface area (TPSA) is 15.3 Å². The summed E-state index contributed by atoms with van der Waals surface area (Å²) in [5, 5.41) is 9.11. The average molecular weight is 754 g/mol. The van der Waals surface area contributed by atoms with Crippen LogP contribution in [0.1, 0.15) is 49.9 Å². The summed E-state index contributed by atoms with van der Waals surface area (Å²) in [6.07, 6.45) is 0. The van der Waals surface area contributed by atoms with Gasteiger partial charge in [0, 0.05) is 39.1 Å². The van der Waals surface area contributed by atoms with Crippen LogP contribution in [0.2, 0.25) is 0 Å². The Kier molecular flexibility index (Phi) is 7.16. The lowest BCUT2D eigenvalue weighted by atomic mass is 9.55. The van der Waals surface area contributed by atoms with Crippen molar-refractivity contribution in [3.63, 3.8) is 0 Å². The molecule has 1 N–H and O–H groups in total. The van der Waals surface area contributed by atoms with Crippen LogP contribution in [0, 0.1) is 0 Å². The number of hydrogen-bond donors (Lipinski definition) is 1. The molecule has 2 heterocycles. The van der Waals surface area contributed by atoms with E-state index in [1.807, 2.05) is 0 Å². The highest BCUT2D eigenvalue weighted by molar-refractivity contribution is 6.74. The first-order valence-electron chi connectivity index (χ1n) is 20.8. The molecule has 2 nitrogen and oxygen atoms in total. The van der Waals surface area contributed by atoms with Crippen molar-refractivity contribution in [3.8, 4) is 33.4 Å². The van der Waals surface area contributed by atoms with Crippen molar-refractivity contribution in [1.82, 2.24) is 0 Å². The zero-order chi connectivity index (χ0) is 39.6. The number of nitrogens with zero attached hydrogens (tertiary/aromatic N) is 1. The van der Waals surface area contributed by atoms with Gasteiger partial charge in [-0.05, 0) is 107 Å². The van der Waals surface area contributed by atoms with Crippen LogP contribution in [0.3, 0.4) is 0 Å². The van der Waals surface area contributed by atoms with Gasteiger partial charge >= 0.3 is 0 Å². The summed E-state index contributed by atoms with van der Waals surface area (Å²) in [7, 11) is 2.46. The van der Waals surface area contributed by atoms with E-state index in [-0.39, 0.29) is 10.8 Å². The summed E-state index contributed by atoms with van der Waals surface area (Å²) >= 11 is 0. The molecule has 0 aromatic heterocycles. The van der Waals surface area contributed by atoms with Gasteiger partial charge in [0.25, 0.3) is 0 Å². The number of hydrogen-bond acceptors (Lipinski definition) is 2. The molecule has 0 atom stereocenters. The number of rotatable bonds is 4. The van der Waals surface area contributed by atoms with Crippen molar-refractivity contribution in [2.45, 2.75) is 38.5 Å². The van der Waals surface area contributed by atoms with E-state index in [4.69, 9.17) is 0 Å². The summed E-state index contributed by atoms with van der Waals surface area (Å²) in [4.78, 5) is 2.58. The Balaban J connectivity index is 1.13. The van der Waals surface area contributed by atoms with E-state index in [2.05, 4.69) is 221 Å². The van der Waals surface area contributed by atoms with Crippen LogP contribution in [-0.4, -0.2) is 7.28 Å². The lowest BCUT2D eigenvalue weighted by molar-refractivity contribution is 0.633. The van der Waals surface area contributed by atoms with Gasteiger partial charge in [0.2, 0.25) is 0 Å². The molecule has 0 unspecified atom stereocenters. The van der Waals surface area contributed by atoms with E-state index >= 15 is 0 Å². The molecular formula is C56H42BN2. The zero-order valence-corrected chi connectivity index (χ0v) is 33.8. The quantitative estimate of drug-likeness (QED) is 0.180. The third-order valence-corrected chi connectivity index (χ3v) is 13.6. The first-order valence-corrected chi connectivity index (χ1v) is 20.8. The van der Waals surface area contributed by atoms with Crippen LogP contribution < -0.4 is 21.1 Å². The Labute approximate surface area is 347 Å². The molecule has 1 aliphatic carbocycles. The van der Waals surface area contributed by atoms with Crippen molar-refractivity contribution < 1.29 is 0 Å². The average Bonchev–Trinajstić information content (AvgIpc) is 3.50. The van der Waals surface area contributed by atoms with Crippen LogP contribution in [0.15, 0.2) is 176 Å². The molecule has 1 radical (unpaired) electrons. The van der Waals surface area contributed by atoms with Gasteiger partial charge in [-0.3, -0.25) is 0 Å².